The van der Waals surface area contributed by atoms with Gasteiger partial charge in [-0.3, -0.25) is 11.3 Å². The summed E-state index contributed by atoms with van der Waals surface area (Å²) in [5, 5.41) is 0. The van der Waals surface area contributed by atoms with Crippen LogP contribution in [0.25, 0.3) is 0 Å². The van der Waals surface area contributed by atoms with Gasteiger partial charge in [0.25, 0.3) is 0 Å². The number of hydrazine groups is 1. The van der Waals surface area contributed by atoms with Gasteiger partial charge in [0.15, 0.2) is 11.6 Å². The van der Waals surface area contributed by atoms with E-state index in [1.807, 2.05) is 13.8 Å². The standard InChI is InChI=1S/C14H23FN2O2/c1-9(2)14(19-4)11(17-16)8-10-6-5-7-12(18-3)13(10)15/h5-7,9,11,14,17H,8,16H2,1-4H3. The van der Waals surface area contributed by atoms with Crippen molar-refractivity contribution in [3.8, 4) is 5.75 Å². The Kier molecular flexibility index (Phi) is 6.21. The lowest BCUT2D eigenvalue weighted by Gasteiger charge is -2.28. The maximum Gasteiger partial charge on any atom is 0.168 e. The Hall–Kier alpha value is -1.17. The zero-order valence-electron chi connectivity index (χ0n) is 11.9. The van der Waals surface area contributed by atoms with Crippen LogP contribution in [0, 0.1) is 11.7 Å². The summed E-state index contributed by atoms with van der Waals surface area (Å²) in [6.45, 7) is 4.08. The molecule has 0 aromatic heterocycles. The van der Waals surface area contributed by atoms with Crippen LogP contribution in [0.4, 0.5) is 4.39 Å². The molecule has 0 aliphatic rings. The molecular formula is C14H23FN2O2. The number of nitrogens with one attached hydrogen (secondary N) is 1. The summed E-state index contributed by atoms with van der Waals surface area (Å²) in [4.78, 5) is 0. The first-order valence-electron chi connectivity index (χ1n) is 6.35. The van der Waals surface area contributed by atoms with Crippen molar-refractivity contribution in [2.45, 2.75) is 32.4 Å². The van der Waals surface area contributed by atoms with Crippen molar-refractivity contribution < 1.29 is 13.9 Å². The van der Waals surface area contributed by atoms with Crippen molar-refractivity contribution in [1.29, 1.82) is 0 Å². The van der Waals surface area contributed by atoms with Crippen LogP contribution >= 0.6 is 0 Å². The maximum atomic E-state index is 14.1. The van der Waals surface area contributed by atoms with E-state index in [0.717, 1.165) is 0 Å². The number of benzene rings is 1. The van der Waals surface area contributed by atoms with Crippen LogP contribution in [0.2, 0.25) is 0 Å². The van der Waals surface area contributed by atoms with E-state index in [-0.39, 0.29) is 29.6 Å². The van der Waals surface area contributed by atoms with Crippen molar-refractivity contribution in [2.24, 2.45) is 11.8 Å². The SMILES string of the molecule is COc1cccc(CC(NN)C(OC)C(C)C)c1F. The van der Waals surface area contributed by atoms with Crippen LogP contribution in [0.15, 0.2) is 18.2 Å². The minimum Gasteiger partial charge on any atom is -0.494 e. The highest BCUT2D eigenvalue weighted by Crippen LogP contribution is 2.23. The highest BCUT2D eigenvalue weighted by molar-refractivity contribution is 5.31. The third-order valence-corrected chi connectivity index (χ3v) is 3.24. The van der Waals surface area contributed by atoms with E-state index >= 15 is 0 Å². The minimum atomic E-state index is -0.344. The van der Waals surface area contributed by atoms with E-state index in [9.17, 15) is 4.39 Å². The molecule has 1 aromatic rings. The van der Waals surface area contributed by atoms with E-state index in [2.05, 4.69) is 5.43 Å². The number of rotatable bonds is 7. The van der Waals surface area contributed by atoms with E-state index < -0.39 is 0 Å². The normalized spacial score (nSPS) is 14.5. The van der Waals surface area contributed by atoms with Crippen LogP contribution in [0.1, 0.15) is 19.4 Å². The quantitative estimate of drug-likeness (QED) is 0.587. The van der Waals surface area contributed by atoms with Gasteiger partial charge < -0.3 is 9.47 Å². The monoisotopic (exact) mass is 270 g/mol. The van der Waals surface area contributed by atoms with Gasteiger partial charge in [0.05, 0.1) is 19.3 Å². The summed E-state index contributed by atoms with van der Waals surface area (Å²) >= 11 is 0. The van der Waals surface area contributed by atoms with Crippen LogP contribution in [0.3, 0.4) is 0 Å². The Bertz CT molecular complexity index is 399. The van der Waals surface area contributed by atoms with Gasteiger partial charge in [-0.2, -0.15) is 0 Å². The van der Waals surface area contributed by atoms with Crippen molar-refractivity contribution in [2.75, 3.05) is 14.2 Å². The van der Waals surface area contributed by atoms with Gasteiger partial charge in [-0.25, -0.2) is 4.39 Å². The number of nitrogens with two attached hydrogens (primary N) is 1. The van der Waals surface area contributed by atoms with Crippen molar-refractivity contribution in [3.63, 3.8) is 0 Å². The second-order valence-corrected chi connectivity index (χ2v) is 4.85. The minimum absolute atomic E-state index is 0.0874. The zero-order chi connectivity index (χ0) is 14.4. The molecule has 0 bridgehead atoms. The molecule has 0 aliphatic heterocycles. The molecule has 2 unspecified atom stereocenters. The van der Waals surface area contributed by atoms with Gasteiger partial charge in [-0.15, -0.1) is 0 Å². The average Bonchev–Trinajstić information content (AvgIpc) is 2.40. The number of hydrogen-bond donors (Lipinski definition) is 2. The smallest absolute Gasteiger partial charge is 0.168 e. The van der Waals surface area contributed by atoms with Crippen LogP contribution in [0.5, 0.6) is 5.75 Å². The van der Waals surface area contributed by atoms with Gasteiger partial charge in [-0.1, -0.05) is 26.0 Å². The highest BCUT2D eigenvalue weighted by Gasteiger charge is 2.25. The zero-order valence-corrected chi connectivity index (χ0v) is 11.9. The Balaban J connectivity index is 2.92. The number of methoxy groups -OCH3 is 2. The lowest BCUT2D eigenvalue weighted by molar-refractivity contribution is 0.0330. The molecular weight excluding hydrogens is 247 g/mol. The van der Waals surface area contributed by atoms with E-state index in [4.69, 9.17) is 15.3 Å². The van der Waals surface area contributed by atoms with Crippen LogP contribution in [-0.2, 0) is 11.2 Å². The fourth-order valence-corrected chi connectivity index (χ4v) is 2.28. The molecule has 0 radical (unpaired) electrons. The number of halogens is 1. The molecule has 0 saturated carbocycles. The lowest BCUT2D eigenvalue weighted by Crippen LogP contribution is -2.48. The first-order valence-corrected chi connectivity index (χ1v) is 6.35. The molecule has 4 nitrogen and oxygen atoms in total. The maximum absolute atomic E-state index is 14.1. The predicted molar refractivity (Wildman–Crippen MR) is 73.4 cm³/mol. The summed E-state index contributed by atoms with van der Waals surface area (Å²) < 4.78 is 24.5. The van der Waals surface area contributed by atoms with Crippen molar-refractivity contribution in [1.82, 2.24) is 5.43 Å². The molecule has 0 aliphatic carbocycles. The molecule has 0 heterocycles. The topological polar surface area (TPSA) is 56.5 Å². The fraction of sp³-hybridized carbons (Fsp3) is 0.571. The molecule has 0 spiro atoms. The van der Waals surface area contributed by atoms with Gasteiger partial charge in [0.2, 0.25) is 0 Å². The summed E-state index contributed by atoms with van der Waals surface area (Å²) in [6, 6.07) is 4.93. The highest BCUT2D eigenvalue weighted by atomic mass is 19.1. The second kappa shape index (κ2) is 7.43. The molecule has 1 aromatic carbocycles. The Morgan fingerprint density at radius 3 is 2.47 bits per heavy atom. The molecule has 108 valence electrons. The molecule has 0 fully saturated rings. The third kappa shape index (κ3) is 3.89. The predicted octanol–water partition coefficient (Wildman–Crippen LogP) is 1.88. The molecule has 1 rings (SSSR count). The van der Waals surface area contributed by atoms with Gasteiger partial charge in [0, 0.05) is 7.11 Å². The molecule has 19 heavy (non-hydrogen) atoms. The first kappa shape index (κ1) is 15.9. The Morgan fingerprint density at radius 1 is 1.32 bits per heavy atom. The van der Waals surface area contributed by atoms with E-state index in [1.165, 1.54) is 7.11 Å². The molecule has 2 atom stereocenters. The molecule has 5 heteroatoms. The Morgan fingerprint density at radius 2 is 2.00 bits per heavy atom. The summed E-state index contributed by atoms with van der Waals surface area (Å²) in [7, 11) is 3.09. The summed E-state index contributed by atoms with van der Waals surface area (Å²) in [5.41, 5.74) is 3.28. The van der Waals surface area contributed by atoms with E-state index in [1.54, 1.807) is 25.3 Å². The van der Waals surface area contributed by atoms with Crippen LogP contribution < -0.4 is 16.0 Å². The molecule has 0 saturated heterocycles. The van der Waals surface area contributed by atoms with E-state index in [0.29, 0.717) is 12.0 Å². The van der Waals surface area contributed by atoms with Gasteiger partial charge in [-0.05, 0) is 24.0 Å². The summed E-state index contributed by atoms with van der Waals surface area (Å²) in [6.07, 6.45) is 0.353. The fourth-order valence-electron chi connectivity index (χ4n) is 2.28. The Labute approximate surface area is 114 Å². The number of ether oxygens (including phenoxy) is 2. The van der Waals surface area contributed by atoms with Gasteiger partial charge in [0.1, 0.15) is 0 Å². The molecule has 0 amide bonds. The van der Waals surface area contributed by atoms with Crippen LogP contribution in [-0.4, -0.2) is 26.4 Å². The summed E-state index contributed by atoms with van der Waals surface area (Å²) in [5.74, 6) is 5.75. The second-order valence-electron chi connectivity index (χ2n) is 4.85. The van der Waals surface area contributed by atoms with Gasteiger partial charge >= 0.3 is 0 Å². The van der Waals surface area contributed by atoms with Crippen molar-refractivity contribution in [3.05, 3.63) is 29.6 Å². The molecule has 3 N–H and O–H groups in total. The largest absolute Gasteiger partial charge is 0.494 e. The third-order valence-electron chi connectivity index (χ3n) is 3.24. The first-order chi connectivity index (χ1) is 9.04. The average molecular weight is 270 g/mol. The lowest BCUT2D eigenvalue weighted by atomic mass is 9.94. The number of hydrogen-bond acceptors (Lipinski definition) is 4. The van der Waals surface area contributed by atoms with Crippen molar-refractivity contribution >= 4 is 0 Å².